The van der Waals surface area contributed by atoms with Gasteiger partial charge in [-0.15, -0.1) is 0 Å². The quantitative estimate of drug-likeness (QED) is 0.860. The summed E-state index contributed by atoms with van der Waals surface area (Å²) in [6.45, 7) is 0.378. The molecule has 2 heterocycles. The van der Waals surface area contributed by atoms with Gasteiger partial charge >= 0.3 is 0 Å². The van der Waals surface area contributed by atoms with Crippen LogP contribution in [0.3, 0.4) is 0 Å². The number of carbonyl (C=O) groups is 1. The molecule has 0 atom stereocenters. The molecule has 0 radical (unpaired) electrons. The summed E-state index contributed by atoms with van der Waals surface area (Å²) in [7, 11) is 1.79. The second-order valence-corrected chi connectivity index (χ2v) is 4.92. The Labute approximate surface area is 117 Å². The largest absolute Gasteiger partial charge is 0.383 e. The summed E-state index contributed by atoms with van der Waals surface area (Å²) in [6.07, 6.45) is 0.441. The summed E-state index contributed by atoms with van der Waals surface area (Å²) in [5, 5.41) is 0. The number of pyridine rings is 1. The normalized spacial score (nSPS) is 13.7. The summed E-state index contributed by atoms with van der Waals surface area (Å²) in [4.78, 5) is 17.7. The number of rotatable bonds is 2. The summed E-state index contributed by atoms with van der Waals surface area (Å²) < 4.78 is 0. The van der Waals surface area contributed by atoms with Crippen molar-refractivity contribution >= 4 is 17.4 Å². The van der Waals surface area contributed by atoms with E-state index in [-0.39, 0.29) is 5.91 Å². The van der Waals surface area contributed by atoms with E-state index in [9.17, 15) is 4.79 Å². The van der Waals surface area contributed by atoms with Crippen LogP contribution in [0.15, 0.2) is 30.3 Å². The number of nitrogens with zero attached hydrogens (tertiary/aromatic N) is 2. The Hall–Kier alpha value is -2.40. The first-order valence-corrected chi connectivity index (χ1v) is 6.45. The number of benzene rings is 1. The molecule has 0 saturated carbocycles. The molecule has 3 rings (SSSR count). The molecule has 0 spiro atoms. The molecule has 0 unspecified atom stereocenters. The van der Waals surface area contributed by atoms with Crippen LogP contribution in [-0.4, -0.2) is 17.9 Å². The van der Waals surface area contributed by atoms with Gasteiger partial charge in [-0.2, -0.15) is 0 Å². The Morgan fingerprint density at radius 2 is 2.10 bits per heavy atom. The van der Waals surface area contributed by atoms with Gasteiger partial charge in [-0.3, -0.25) is 4.79 Å². The molecule has 1 aromatic carbocycles. The molecular formula is C15H16N4O. The highest BCUT2D eigenvalue weighted by molar-refractivity contribution is 6.01. The van der Waals surface area contributed by atoms with Gasteiger partial charge in [0.1, 0.15) is 5.82 Å². The van der Waals surface area contributed by atoms with Crippen LogP contribution in [-0.2, 0) is 17.8 Å². The molecule has 5 heteroatoms. The highest BCUT2D eigenvalue weighted by Gasteiger charge is 2.24. The third kappa shape index (κ3) is 1.92. The molecule has 5 nitrogen and oxygen atoms in total. The minimum absolute atomic E-state index is 0.114. The van der Waals surface area contributed by atoms with E-state index >= 15 is 0 Å². The minimum Gasteiger partial charge on any atom is -0.383 e. The lowest BCUT2D eigenvalue weighted by atomic mass is 10.0. The van der Waals surface area contributed by atoms with Gasteiger partial charge in [-0.05, 0) is 23.8 Å². The summed E-state index contributed by atoms with van der Waals surface area (Å²) in [5.74, 6) is 0.571. The molecule has 1 amide bonds. The van der Waals surface area contributed by atoms with E-state index < -0.39 is 0 Å². The monoisotopic (exact) mass is 268 g/mol. The summed E-state index contributed by atoms with van der Waals surface area (Å²) in [6, 6.07) is 9.70. The fraction of sp³-hybridized carbons (Fsp3) is 0.200. The average Bonchev–Trinajstić information content (AvgIpc) is 2.73. The Balaban J connectivity index is 2.02. The first kappa shape index (κ1) is 12.6. The molecule has 1 aliphatic rings. The third-order valence-corrected chi connectivity index (χ3v) is 3.68. The zero-order chi connectivity index (χ0) is 14.3. The van der Waals surface area contributed by atoms with Gasteiger partial charge < -0.3 is 16.4 Å². The van der Waals surface area contributed by atoms with Gasteiger partial charge in [0.25, 0.3) is 0 Å². The Bertz CT molecular complexity index is 696. The third-order valence-electron chi connectivity index (χ3n) is 3.68. The number of anilines is 2. The highest BCUT2D eigenvalue weighted by Crippen LogP contribution is 2.31. The molecule has 1 aliphatic heterocycles. The van der Waals surface area contributed by atoms with Crippen LogP contribution in [0.5, 0.6) is 0 Å². The fourth-order valence-corrected chi connectivity index (χ4v) is 2.47. The maximum absolute atomic E-state index is 11.7. The summed E-state index contributed by atoms with van der Waals surface area (Å²) in [5.41, 5.74) is 16.0. The number of hydrogen-bond acceptors (Lipinski definition) is 4. The number of nitrogen functional groups attached to an aromatic ring is 1. The Kier molecular flexibility index (Phi) is 2.91. The number of likely N-dealkylation sites (N-methyl/N-ethyl adjacent to an activating group) is 1. The van der Waals surface area contributed by atoms with Crippen molar-refractivity contribution in [2.75, 3.05) is 17.7 Å². The Morgan fingerprint density at radius 1 is 1.30 bits per heavy atom. The first-order chi connectivity index (χ1) is 9.60. The van der Waals surface area contributed by atoms with Crippen molar-refractivity contribution in [2.45, 2.75) is 13.0 Å². The molecule has 0 bridgehead atoms. The van der Waals surface area contributed by atoms with Crippen LogP contribution in [0, 0.1) is 0 Å². The maximum Gasteiger partial charge on any atom is 0.231 e. The van der Waals surface area contributed by atoms with Crippen molar-refractivity contribution in [2.24, 2.45) is 5.73 Å². The van der Waals surface area contributed by atoms with Gasteiger partial charge in [-0.25, -0.2) is 4.98 Å². The zero-order valence-corrected chi connectivity index (χ0v) is 11.3. The Morgan fingerprint density at radius 3 is 2.80 bits per heavy atom. The van der Waals surface area contributed by atoms with Crippen molar-refractivity contribution in [3.63, 3.8) is 0 Å². The van der Waals surface area contributed by atoms with Crippen molar-refractivity contribution in [3.05, 3.63) is 41.5 Å². The van der Waals surface area contributed by atoms with E-state index in [1.807, 2.05) is 30.3 Å². The topological polar surface area (TPSA) is 85.2 Å². The summed E-state index contributed by atoms with van der Waals surface area (Å²) >= 11 is 0. The number of carbonyl (C=O) groups excluding carboxylic acids is 1. The van der Waals surface area contributed by atoms with Crippen LogP contribution < -0.4 is 16.4 Å². The SMILES string of the molecule is CN1C(=O)Cc2cc(-c3ccc(CN)c(N)n3)ccc21. The lowest BCUT2D eigenvalue weighted by Gasteiger charge is -2.11. The van der Waals surface area contributed by atoms with Gasteiger partial charge in [0.05, 0.1) is 12.1 Å². The van der Waals surface area contributed by atoms with Crippen LogP contribution >= 0.6 is 0 Å². The predicted molar refractivity (Wildman–Crippen MR) is 79.1 cm³/mol. The molecule has 102 valence electrons. The molecule has 2 aromatic rings. The van der Waals surface area contributed by atoms with Crippen LogP contribution in [0.25, 0.3) is 11.3 Å². The van der Waals surface area contributed by atoms with Crippen molar-refractivity contribution < 1.29 is 4.79 Å². The second kappa shape index (κ2) is 4.61. The van der Waals surface area contributed by atoms with Gasteiger partial charge in [0, 0.05) is 30.4 Å². The lowest BCUT2D eigenvalue weighted by molar-refractivity contribution is -0.117. The van der Waals surface area contributed by atoms with Crippen LogP contribution in [0.1, 0.15) is 11.1 Å². The fourth-order valence-electron chi connectivity index (χ4n) is 2.47. The van der Waals surface area contributed by atoms with Gasteiger partial charge in [0.2, 0.25) is 5.91 Å². The number of fused-ring (bicyclic) bond motifs is 1. The van der Waals surface area contributed by atoms with Crippen molar-refractivity contribution in [3.8, 4) is 11.3 Å². The molecule has 20 heavy (non-hydrogen) atoms. The molecule has 0 fully saturated rings. The zero-order valence-electron chi connectivity index (χ0n) is 11.3. The number of hydrogen-bond donors (Lipinski definition) is 2. The smallest absolute Gasteiger partial charge is 0.231 e. The predicted octanol–water partition coefficient (Wildman–Crippen LogP) is 1.31. The van der Waals surface area contributed by atoms with E-state index in [4.69, 9.17) is 11.5 Å². The minimum atomic E-state index is 0.114. The van der Waals surface area contributed by atoms with Crippen molar-refractivity contribution in [1.29, 1.82) is 0 Å². The van der Waals surface area contributed by atoms with E-state index in [0.29, 0.717) is 18.8 Å². The first-order valence-electron chi connectivity index (χ1n) is 6.45. The van der Waals surface area contributed by atoms with Gasteiger partial charge in [-0.1, -0.05) is 12.1 Å². The second-order valence-electron chi connectivity index (χ2n) is 4.92. The number of amides is 1. The highest BCUT2D eigenvalue weighted by atomic mass is 16.2. The van der Waals surface area contributed by atoms with E-state index in [0.717, 1.165) is 28.1 Å². The maximum atomic E-state index is 11.7. The number of nitrogens with two attached hydrogens (primary N) is 2. The van der Waals surface area contributed by atoms with E-state index in [1.54, 1.807) is 11.9 Å². The van der Waals surface area contributed by atoms with Crippen LogP contribution in [0.4, 0.5) is 11.5 Å². The lowest BCUT2D eigenvalue weighted by Crippen LogP contribution is -2.20. The average molecular weight is 268 g/mol. The molecule has 1 aromatic heterocycles. The van der Waals surface area contributed by atoms with E-state index in [2.05, 4.69) is 4.98 Å². The van der Waals surface area contributed by atoms with Crippen LogP contribution in [0.2, 0.25) is 0 Å². The molecule has 0 aliphatic carbocycles. The number of aromatic nitrogens is 1. The van der Waals surface area contributed by atoms with Crippen molar-refractivity contribution in [1.82, 2.24) is 4.98 Å². The van der Waals surface area contributed by atoms with Gasteiger partial charge in [0.15, 0.2) is 0 Å². The standard InChI is InChI=1S/C15H16N4O/c1-19-13-5-3-9(6-11(13)7-14(19)20)12-4-2-10(8-16)15(17)18-12/h2-6H,7-8,16H2,1H3,(H2,17,18). The molecule has 0 saturated heterocycles. The van der Waals surface area contributed by atoms with E-state index in [1.165, 1.54) is 0 Å². The molecule has 4 N–H and O–H groups in total. The molecular weight excluding hydrogens is 252 g/mol.